The van der Waals surface area contributed by atoms with Crippen molar-refractivity contribution in [2.24, 2.45) is 0 Å². The van der Waals surface area contributed by atoms with Crippen LogP contribution < -0.4 is 4.18 Å². The van der Waals surface area contributed by atoms with Gasteiger partial charge in [0.05, 0.1) is 6.26 Å². The molecule has 0 atom stereocenters. The van der Waals surface area contributed by atoms with Gasteiger partial charge in [-0.05, 0) is 6.07 Å². The first-order chi connectivity index (χ1) is 6.98. The zero-order valence-corrected chi connectivity index (χ0v) is 8.45. The van der Waals surface area contributed by atoms with E-state index < -0.39 is 10.1 Å². The lowest BCUT2D eigenvalue weighted by Gasteiger charge is -2.04. The molecular weight excluding hydrogens is 218 g/mol. The third-order valence-electron chi connectivity index (χ3n) is 1.37. The summed E-state index contributed by atoms with van der Waals surface area (Å²) in [6.07, 6.45) is 2.05. The van der Waals surface area contributed by atoms with Gasteiger partial charge < -0.3 is 4.18 Å². The molecule has 0 aliphatic heterocycles. The second kappa shape index (κ2) is 3.95. The number of aromatic nitrogens is 1. The van der Waals surface area contributed by atoms with Crippen molar-refractivity contribution in [3.8, 4) is 17.9 Å². The molecule has 0 bridgehead atoms. The molecular formula is C8H5N3O3S. The van der Waals surface area contributed by atoms with E-state index in [1.54, 1.807) is 12.1 Å². The Morgan fingerprint density at radius 2 is 2.07 bits per heavy atom. The lowest BCUT2D eigenvalue weighted by atomic mass is 10.2. The van der Waals surface area contributed by atoms with E-state index in [-0.39, 0.29) is 17.0 Å². The molecule has 0 aliphatic rings. The van der Waals surface area contributed by atoms with Gasteiger partial charge in [0.15, 0.2) is 11.4 Å². The van der Waals surface area contributed by atoms with Crippen molar-refractivity contribution in [2.75, 3.05) is 6.26 Å². The molecule has 0 radical (unpaired) electrons. The van der Waals surface area contributed by atoms with Crippen LogP contribution in [0.15, 0.2) is 12.3 Å². The number of pyridine rings is 1. The molecule has 0 N–H and O–H groups in total. The van der Waals surface area contributed by atoms with E-state index in [4.69, 9.17) is 10.5 Å². The van der Waals surface area contributed by atoms with E-state index in [9.17, 15) is 8.42 Å². The van der Waals surface area contributed by atoms with Gasteiger partial charge in [-0.2, -0.15) is 18.9 Å². The zero-order valence-electron chi connectivity index (χ0n) is 7.63. The first-order valence-corrected chi connectivity index (χ1v) is 5.48. The Kier molecular flexibility index (Phi) is 2.88. The van der Waals surface area contributed by atoms with Crippen molar-refractivity contribution in [3.63, 3.8) is 0 Å². The van der Waals surface area contributed by atoms with Crippen molar-refractivity contribution < 1.29 is 12.6 Å². The molecule has 1 aromatic rings. The van der Waals surface area contributed by atoms with Crippen molar-refractivity contribution >= 4 is 10.1 Å². The molecule has 0 aliphatic carbocycles. The fourth-order valence-electron chi connectivity index (χ4n) is 0.852. The Morgan fingerprint density at radius 3 is 2.53 bits per heavy atom. The fraction of sp³-hybridized carbons (Fsp3) is 0.125. The summed E-state index contributed by atoms with van der Waals surface area (Å²) >= 11 is 0. The molecule has 0 spiro atoms. The Labute approximate surface area is 86.5 Å². The van der Waals surface area contributed by atoms with Gasteiger partial charge in [-0.1, -0.05) is 0 Å². The van der Waals surface area contributed by atoms with Gasteiger partial charge >= 0.3 is 10.1 Å². The van der Waals surface area contributed by atoms with Crippen LogP contribution in [0.4, 0.5) is 0 Å². The summed E-state index contributed by atoms with van der Waals surface area (Å²) in [5.41, 5.74) is -0.286. The third-order valence-corrected chi connectivity index (χ3v) is 1.84. The average molecular weight is 223 g/mol. The minimum absolute atomic E-state index is 0.0491. The first-order valence-electron chi connectivity index (χ1n) is 3.66. The van der Waals surface area contributed by atoms with E-state index in [1.807, 2.05) is 0 Å². The van der Waals surface area contributed by atoms with Crippen LogP contribution in [0, 0.1) is 22.7 Å². The van der Waals surface area contributed by atoms with Crippen molar-refractivity contribution in [1.29, 1.82) is 10.5 Å². The molecule has 7 heteroatoms. The fourth-order valence-corrected chi connectivity index (χ4v) is 1.32. The number of hydrogen-bond donors (Lipinski definition) is 0. The second-order valence-electron chi connectivity index (χ2n) is 2.55. The van der Waals surface area contributed by atoms with Gasteiger partial charge in [-0.25, -0.2) is 4.98 Å². The molecule has 76 valence electrons. The van der Waals surface area contributed by atoms with E-state index >= 15 is 0 Å². The number of nitriles is 2. The monoisotopic (exact) mass is 223 g/mol. The summed E-state index contributed by atoms with van der Waals surface area (Å²) in [5, 5.41) is 17.3. The highest BCUT2D eigenvalue weighted by Gasteiger charge is 2.15. The highest BCUT2D eigenvalue weighted by molar-refractivity contribution is 7.86. The van der Waals surface area contributed by atoms with E-state index in [2.05, 4.69) is 9.17 Å². The summed E-state index contributed by atoms with van der Waals surface area (Å²) in [6.45, 7) is 0. The van der Waals surface area contributed by atoms with Crippen molar-refractivity contribution in [2.45, 2.75) is 0 Å². The maximum absolute atomic E-state index is 10.9. The molecule has 0 saturated carbocycles. The number of rotatable bonds is 2. The molecule has 15 heavy (non-hydrogen) atoms. The van der Waals surface area contributed by atoms with Gasteiger partial charge in [0, 0.05) is 6.20 Å². The largest absolute Gasteiger partial charge is 0.378 e. The summed E-state index contributed by atoms with van der Waals surface area (Å²) in [4.78, 5) is 3.59. The van der Waals surface area contributed by atoms with Crippen molar-refractivity contribution in [3.05, 3.63) is 23.5 Å². The van der Waals surface area contributed by atoms with E-state index in [1.165, 1.54) is 12.3 Å². The predicted octanol–water partition coefficient (Wildman–Crippen LogP) is 0.163. The van der Waals surface area contributed by atoms with Crippen LogP contribution >= 0.6 is 0 Å². The minimum Gasteiger partial charge on any atom is -0.378 e. The maximum atomic E-state index is 10.9. The molecule has 0 aromatic carbocycles. The topological polar surface area (TPSA) is 104 Å². The SMILES string of the molecule is CS(=O)(=O)Oc1c(C#N)ccnc1C#N. The van der Waals surface area contributed by atoms with Crippen LogP contribution in [-0.4, -0.2) is 19.7 Å². The average Bonchev–Trinajstić information content (AvgIpc) is 2.16. The highest BCUT2D eigenvalue weighted by atomic mass is 32.2. The van der Waals surface area contributed by atoms with E-state index in [0.29, 0.717) is 0 Å². The quantitative estimate of drug-likeness (QED) is 0.661. The Balaban J connectivity index is 3.39. The van der Waals surface area contributed by atoms with Crippen LogP contribution in [0.3, 0.4) is 0 Å². The molecule has 1 rings (SSSR count). The summed E-state index contributed by atoms with van der Waals surface area (Å²) in [7, 11) is -3.78. The normalized spacial score (nSPS) is 10.1. The predicted molar refractivity (Wildman–Crippen MR) is 49.1 cm³/mol. The summed E-state index contributed by atoms with van der Waals surface area (Å²) < 4.78 is 26.2. The molecule has 0 fully saturated rings. The molecule has 1 aromatic heterocycles. The Hall–Kier alpha value is -2.12. The zero-order chi connectivity index (χ0) is 11.5. The maximum Gasteiger partial charge on any atom is 0.306 e. The van der Waals surface area contributed by atoms with Gasteiger partial charge in [0.1, 0.15) is 17.7 Å². The van der Waals surface area contributed by atoms with Crippen LogP contribution in [0.1, 0.15) is 11.3 Å². The second-order valence-corrected chi connectivity index (χ2v) is 4.12. The number of hydrogen-bond acceptors (Lipinski definition) is 6. The molecule has 0 amide bonds. The highest BCUT2D eigenvalue weighted by Crippen LogP contribution is 2.21. The summed E-state index contributed by atoms with van der Waals surface area (Å²) in [5.74, 6) is -0.329. The molecule has 6 nitrogen and oxygen atoms in total. The van der Waals surface area contributed by atoms with Gasteiger partial charge in [0.25, 0.3) is 0 Å². The summed E-state index contributed by atoms with van der Waals surface area (Å²) in [6, 6.07) is 4.62. The lowest BCUT2D eigenvalue weighted by Crippen LogP contribution is -2.09. The van der Waals surface area contributed by atoms with Crippen LogP contribution in [0.2, 0.25) is 0 Å². The molecule has 1 heterocycles. The molecule has 0 unspecified atom stereocenters. The van der Waals surface area contributed by atoms with Crippen LogP contribution in [0.5, 0.6) is 5.75 Å². The number of nitrogens with zero attached hydrogens (tertiary/aromatic N) is 3. The van der Waals surface area contributed by atoms with Crippen LogP contribution in [-0.2, 0) is 10.1 Å². The van der Waals surface area contributed by atoms with Gasteiger partial charge in [-0.3, -0.25) is 0 Å². The first kappa shape index (κ1) is 11.0. The van der Waals surface area contributed by atoms with Crippen LogP contribution in [0.25, 0.3) is 0 Å². The Bertz CT molecular complexity index is 534. The smallest absolute Gasteiger partial charge is 0.306 e. The molecule has 0 saturated heterocycles. The lowest BCUT2D eigenvalue weighted by molar-refractivity contribution is 0.490. The van der Waals surface area contributed by atoms with Gasteiger partial charge in [0.2, 0.25) is 0 Å². The van der Waals surface area contributed by atoms with Gasteiger partial charge in [-0.15, -0.1) is 0 Å². The third kappa shape index (κ3) is 2.66. The standard InChI is InChI=1S/C8H5N3O3S/c1-15(12,13)14-8-6(4-9)2-3-11-7(8)5-10/h2-3H,1H3. The Morgan fingerprint density at radius 1 is 1.40 bits per heavy atom. The van der Waals surface area contributed by atoms with Crippen molar-refractivity contribution in [1.82, 2.24) is 4.98 Å². The minimum atomic E-state index is -3.78. The van der Waals surface area contributed by atoms with E-state index in [0.717, 1.165) is 6.26 Å².